The number of anilines is 1. The summed E-state index contributed by atoms with van der Waals surface area (Å²) in [7, 11) is 0. The van der Waals surface area contributed by atoms with E-state index in [0.717, 1.165) is 0 Å². The highest BCUT2D eigenvalue weighted by Crippen LogP contribution is 2.33. The van der Waals surface area contributed by atoms with E-state index in [0.29, 0.717) is 23.8 Å². The van der Waals surface area contributed by atoms with Gasteiger partial charge in [-0.1, -0.05) is 11.6 Å². The first kappa shape index (κ1) is 15.1. The van der Waals surface area contributed by atoms with Gasteiger partial charge in [-0.05, 0) is 45.9 Å². The molecule has 2 rings (SSSR count). The average molecular weight is 298 g/mol. The lowest BCUT2D eigenvalue weighted by molar-refractivity contribution is -0.133. The second kappa shape index (κ2) is 4.93. The normalized spacial score (nSPS) is 20.8. The molecule has 5 heteroatoms. The summed E-state index contributed by atoms with van der Waals surface area (Å²) in [5, 5.41) is 9.79. The number of benzene rings is 1. The predicted molar refractivity (Wildman–Crippen MR) is 79.9 cm³/mol. The molecule has 0 atom stereocenters. The number of ether oxygens (including phenoxy) is 1. The fourth-order valence-corrected chi connectivity index (χ4v) is 3.09. The van der Waals surface area contributed by atoms with Gasteiger partial charge in [-0.3, -0.25) is 0 Å². The maximum atomic E-state index is 11.4. The van der Waals surface area contributed by atoms with E-state index in [9.17, 15) is 9.90 Å². The van der Waals surface area contributed by atoms with Gasteiger partial charge in [0, 0.05) is 18.1 Å². The van der Waals surface area contributed by atoms with Crippen LogP contribution < -0.4 is 4.90 Å². The van der Waals surface area contributed by atoms with Crippen molar-refractivity contribution < 1.29 is 14.6 Å². The molecular weight excluding hydrogens is 278 g/mol. The number of morpholine rings is 1. The van der Waals surface area contributed by atoms with Gasteiger partial charge in [0.2, 0.25) is 0 Å². The molecule has 4 nitrogen and oxygen atoms in total. The number of carboxylic acid groups (broad SMARTS) is 1. The van der Waals surface area contributed by atoms with Gasteiger partial charge in [0.15, 0.2) is 0 Å². The third-order valence-electron chi connectivity index (χ3n) is 3.23. The summed E-state index contributed by atoms with van der Waals surface area (Å²) in [6, 6.07) is 4.98. The molecular formula is C15H20ClNO3. The largest absolute Gasteiger partial charge is 0.478 e. The summed E-state index contributed by atoms with van der Waals surface area (Å²) in [6.45, 7) is 9.32. The molecule has 20 heavy (non-hydrogen) atoms. The Hall–Kier alpha value is -1.26. The third kappa shape index (κ3) is 3.25. The maximum Gasteiger partial charge on any atom is 0.337 e. The van der Waals surface area contributed by atoms with Crippen molar-refractivity contribution in [2.45, 2.75) is 38.9 Å². The summed E-state index contributed by atoms with van der Waals surface area (Å²) < 4.78 is 6.02. The Balaban J connectivity index is 2.43. The summed E-state index contributed by atoms with van der Waals surface area (Å²) >= 11 is 5.91. The van der Waals surface area contributed by atoms with Gasteiger partial charge < -0.3 is 14.7 Å². The molecule has 0 unspecified atom stereocenters. The number of carbonyl (C=O) groups is 1. The van der Waals surface area contributed by atoms with Crippen molar-refractivity contribution in [2.24, 2.45) is 0 Å². The van der Waals surface area contributed by atoms with Crippen LogP contribution in [0, 0.1) is 0 Å². The van der Waals surface area contributed by atoms with Crippen LogP contribution in [0.15, 0.2) is 18.2 Å². The molecule has 1 aromatic rings. The second-order valence-electron chi connectivity index (χ2n) is 6.44. The van der Waals surface area contributed by atoms with Crippen LogP contribution in [0.2, 0.25) is 5.02 Å². The molecule has 1 fully saturated rings. The SMILES string of the molecule is CC1(C)CN(c2ccc(Cl)cc2C(=O)O)CC(C)(C)O1. The Morgan fingerprint density at radius 1 is 1.25 bits per heavy atom. The van der Waals surface area contributed by atoms with E-state index < -0.39 is 5.97 Å². The average Bonchev–Trinajstić information content (AvgIpc) is 2.24. The summed E-state index contributed by atoms with van der Waals surface area (Å²) in [5.41, 5.74) is 0.242. The number of hydrogen-bond donors (Lipinski definition) is 1. The Labute approximate surface area is 124 Å². The highest BCUT2D eigenvalue weighted by Gasteiger charge is 2.39. The van der Waals surface area contributed by atoms with Crippen LogP contribution in [0.1, 0.15) is 38.1 Å². The van der Waals surface area contributed by atoms with E-state index >= 15 is 0 Å². The summed E-state index contributed by atoms with van der Waals surface area (Å²) in [6.07, 6.45) is 0. The van der Waals surface area contributed by atoms with E-state index in [1.165, 1.54) is 6.07 Å². The van der Waals surface area contributed by atoms with Crippen molar-refractivity contribution >= 4 is 23.3 Å². The van der Waals surface area contributed by atoms with E-state index in [4.69, 9.17) is 16.3 Å². The van der Waals surface area contributed by atoms with E-state index in [1.807, 2.05) is 27.7 Å². The Morgan fingerprint density at radius 2 is 1.80 bits per heavy atom. The molecule has 0 radical (unpaired) electrons. The van der Waals surface area contributed by atoms with Gasteiger partial charge in [-0.15, -0.1) is 0 Å². The highest BCUT2D eigenvalue weighted by molar-refractivity contribution is 6.31. The minimum Gasteiger partial charge on any atom is -0.478 e. The number of hydrogen-bond acceptors (Lipinski definition) is 3. The summed E-state index contributed by atoms with van der Waals surface area (Å²) in [5.74, 6) is -0.968. The molecule has 1 aliphatic rings. The van der Waals surface area contributed by atoms with Crippen molar-refractivity contribution in [2.75, 3.05) is 18.0 Å². The third-order valence-corrected chi connectivity index (χ3v) is 3.46. The first-order chi connectivity index (χ1) is 9.10. The van der Waals surface area contributed by atoms with Crippen LogP contribution in [0.25, 0.3) is 0 Å². The quantitative estimate of drug-likeness (QED) is 0.908. The second-order valence-corrected chi connectivity index (χ2v) is 6.88. The van der Waals surface area contributed by atoms with Gasteiger partial charge in [0.05, 0.1) is 22.5 Å². The smallest absolute Gasteiger partial charge is 0.337 e. The topological polar surface area (TPSA) is 49.8 Å². The number of carboxylic acids is 1. The van der Waals surface area contributed by atoms with Crippen LogP contribution in [-0.4, -0.2) is 35.4 Å². The molecule has 110 valence electrons. The van der Waals surface area contributed by atoms with Crippen molar-refractivity contribution in [3.05, 3.63) is 28.8 Å². The van der Waals surface area contributed by atoms with Gasteiger partial charge >= 0.3 is 5.97 Å². The zero-order chi connectivity index (χ0) is 15.1. The fraction of sp³-hybridized carbons (Fsp3) is 0.533. The molecule has 1 N–H and O–H groups in total. The minimum absolute atomic E-state index is 0.228. The van der Waals surface area contributed by atoms with Crippen molar-refractivity contribution in [1.29, 1.82) is 0 Å². The zero-order valence-corrected chi connectivity index (χ0v) is 13.0. The van der Waals surface area contributed by atoms with Crippen LogP contribution >= 0.6 is 11.6 Å². The molecule has 1 saturated heterocycles. The Bertz CT molecular complexity index is 524. The van der Waals surface area contributed by atoms with Crippen LogP contribution in [0.4, 0.5) is 5.69 Å². The molecule has 0 bridgehead atoms. The number of nitrogens with zero attached hydrogens (tertiary/aromatic N) is 1. The summed E-state index contributed by atoms with van der Waals surface area (Å²) in [4.78, 5) is 13.5. The number of rotatable bonds is 2. The first-order valence-corrected chi connectivity index (χ1v) is 6.95. The standard InChI is InChI=1S/C15H20ClNO3/c1-14(2)8-17(9-15(3,4)20-14)12-6-5-10(16)7-11(12)13(18)19/h5-7H,8-9H2,1-4H3,(H,18,19). The van der Waals surface area contributed by atoms with Gasteiger partial charge in [-0.25, -0.2) is 4.79 Å². The first-order valence-electron chi connectivity index (χ1n) is 6.58. The van der Waals surface area contributed by atoms with E-state index in [-0.39, 0.29) is 16.8 Å². The predicted octanol–water partition coefficient (Wildman–Crippen LogP) is 3.43. The lowest BCUT2D eigenvalue weighted by Crippen LogP contribution is -2.57. The molecule has 1 aromatic carbocycles. The number of aromatic carboxylic acids is 1. The van der Waals surface area contributed by atoms with Crippen molar-refractivity contribution in [3.8, 4) is 0 Å². The van der Waals surface area contributed by atoms with Crippen LogP contribution in [-0.2, 0) is 4.74 Å². The minimum atomic E-state index is -0.968. The van der Waals surface area contributed by atoms with E-state index in [2.05, 4.69) is 4.90 Å². The lowest BCUT2D eigenvalue weighted by atomic mass is 9.97. The van der Waals surface area contributed by atoms with Gasteiger partial charge in [0.1, 0.15) is 0 Å². The lowest BCUT2D eigenvalue weighted by Gasteiger charge is -2.48. The van der Waals surface area contributed by atoms with Gasteiger partial charge in [-0.2, -0.15) is 0 Å². The van der Waals surface area contributed by atoms with Crippen molar-refractivity contribution in [1.82, 2.24) is 0 Å². The maximum absolute atomic E-state index is 11.4. The highest BCUT2D eigenvalue weighted by atomic mass is 35.5. The Kier molecular flexibility index (Phi) is 3.73. The molecule has 0 saturated carbocycles. The number of halogens is 1. The zero-order valence-electron chi connectivity index (χ0n) is 12.2. The van der Waals surface area contributed by atoms with Crippen molar-refractivity contribution in [3.63, 3.8) is 0 Å². The van der Waals surface area contributed by atoms with Crippen LogP contribution in [0.3, 0.4) is 0 Å². The molecule has 0 amide bonds. The molecule has 1 heterocycles. The molecule has 0 aliphatic carbocycles. The Morgan fingerprint density at radius 3 is 2.30 bits per heavy atom. The van der Waals surface area contributed by atoms with E-state index in [1.54, 1.807) is 12.1 Å². The molecule has 0 aromatic heterocycles. The van der Waals surface area contributed by atoms with Crippen LogP contribution in [0.5, 0.6) is 0 Å². The monoisotopic (exact) mass is 297 g/mol. The fourth-order valence-electron chi connectivity index (χ4n) is 2.91. The molecule has 1 aliphatic heterocycles. The molecule has 0 spiro atoms. The van der Waals surface area contributed by atoms with Gasteiger partial charge in [0.25, 0.3) is 0 Å².